The number of nitrogens with one attached hydrogen (secondary N) is 1. The summed E-state index contributed by atoms with van der Waals surface area (Å²) < 4.78 is 21.7. The van der Waals surface area contributed by atoms with E-state index in [9.17, 15) is 4.79 Å². The van der Waals surface area contributed by atoms with Crippen molar-refractivity contribution < 1.29 is 23.7 Å². The SMILES string of the molecule is CCOc1ccc(CNC(=O)CSc2ccc(OC)c(OC)c2)cc1OCC. The lowest BCUT2D eigenvalue weighted by Crippen LogP contribution is -2.24. The quantitative estimate of drug-likeness (QED) is 0.572. The molecule has 0 aliphatic heterocycles. The van der Waals surface area contributed by atoms with E-state index in [0.717, 1.165) is 10.5 Å². The van der Waals surface area contributed by atoms with Crippen LogP contribution in [0.4, 0.5) is 0 Å². The van der Waals surface area contributed by atoms with E-state index in [2.05, 4.69) is 5.32 Å². The first-order valence-corrected chi connectivity index (χ1v) is 10.1. The van der Waals surface area contributed by atoms with Crippen LogP contribution in [-0.4, -0.2) is 39.1 Å². The fraction of sp³-hybridized carbons (Fsp3) is 0.381. The number of rotatable bonds is 11. The summed E-state index contributed by atoms with van der Waals surface area (Å²) in [6, 6.07) is 11.3. The molecule has 2 aromatic rings. The molecule has 0 heterocycles. The second-order valence-corrected chi connectivity index (χ2v) is 6.78. The lowest BCUT2D eigenvalue weighted by Gasteiger charge is -2.13. The zero-order valence-electron chi connectivity index (χ0n) is 16.7. The zero-order chi connectivity index (χ0) is 20.4. The van der Waals surface area contributed by atoms with E-state index in [-0.39, 0.29) is 5.91 Å². The van der Waals surface area contributed by atoms with Crippen molar-refractivity contribution >= 4 is 17.7 Å². The molecule has 0 saturated carbocycles. The number of amides is 1. The third-order valence-electron chi connectivity index (χ3n) is 3.82. The van der Waals surface area contributed by atoms with Crippen LogP contribution in [0.5, 0.6) is 23.0 Å². The van der Waals surface area contributed by atoms with Crippen LogP contribution in [0.3, 0.4) is 0 Å². The molecule has 2 rings (SSSR count). The minimum Gasteiger partial charge on any atom is -0.493 e. The van der Waals surface area contributed by atoms with Crippen LogP contribution in [0.25, 0.3) is 0 Å². The van der Waals surface area contributed by atoms with E-state index < -0.39 is 0 Å². The Labute approximate surface area is 170 Å². The summed E-state index contributed by atoms with van der Waals surface area (Å²) in [5.41, 5.74) is 0.955. The smallest absolute Gasteiger partial charge is 0.230 e. The molecule has 7 heteroatoms. The average Bonchev–Trinajstić information content (AvgIpc) is 2.72. The fourth-order valence-electron chi connectivity index (χ4n) is 2.51. The van der Waals surface area contributed by atoms with Gasteiger partial charge in [0.15, 0.2) is 23.0 Å². The van der Waals surface area contributed by atoms with Crippen LogP contribution in [0, 0.1) is 0 Å². The minimum atomic E-state index is -0.0494. The predicted octanol–water partition coefficient (Wildman–Crippen LogP) is 3.91. The van der Waals surface area contributed by atoms with E-state index >= 15 is 0 Å². The van der Waals surface area contributed by atoms with Crippen LogP contribution in [0.1, 0.15) is 19.4 Å². The van der Waals surface area contributed by atoms with E-state index in [4.69, 9.17) is 18.9 Å². The Morgan fingerprint density at radius 2 is 1.57 bits per heavy atom. The summed E-state index contributed by atoms with van der Waals surface area (Å²) in [7, 11) is 3.18. The Morgan fingerprint density at radius 3 is 2.25 bits per heavy atom. The fourth-order valence-corrected chi connectivity index (χ4v) is 3.27. The Hall–Kier alpha value is -2.54. The van der Waals surface area contributed by atoms with E-state index in [1.54, 1.807) is 14.2 Å². The van der Waals surface area contributed by atoms with Crippen LogP contribution < -0.4 is 24.3 Å². The maximum atomic E-state index is 12.2. The van der Waals surface area contributed by atoms with Crippen LogP contribution >= 0.6 is 11.8 Å². The summed E-state index contributed by atoms with van der Waals surface area (Å²) >= 11 is 1.44. The molecule has 1 amide bonds. The van der Waals surface area contributed by atoms with Gasteiger partial charge in [0.25, 0.3) is 0 Å². The number of carbonyl (C=O) groups excluding carboxylic acids is 1. The molecular formula is C21H27NO5S. The molecule has 0 saturated heterocycles. The molecule has 28 heavy (non-hydrogen) atoms. The maximum Gasteiger partial charge on any atom is 0.230 e. The van der Waals surface area contributed by atoms with Crippen molar-refractivity contribution in [3.63, 3.8) is 0 Å². The van der Waals surface area contributed by atoms with Crippen molar-refractivity contribution in [3.05, 3.63) is 42.0 Å². The van der Waals surface area contributed by atoms with Crippen molar-refractivity contribution in [2.24, 2.45) is 0 Å². The molecule has 6 nitrogen and oxygen atoms in total. The molecule has 152 valence electrons. The van der Waals surface area contributed by atoms with Crippen molar-refractivity contribution in [2.75, 3.05) is 33.2 Å². The van der Waals surface area contributed by atoms with Gasteiger partial charge in [-0.15, -0.1) is 11.8 Å². The molecule has 0 fully saturated rings. The highest BCUT2D eigenvalue weighted by Gasteiger charge is 2.09. The number of hydrogen-bond donors (Lipinski definition) is 1. The Morgan fingerprint density at radius 1 is 0.893 bits per heavy atom. The molecule has 0 aromatic heterocycles. The van der Waals surface area contributed by atoms with E-state index in [1.807, 2.05) is 50.2 Å². The summed E-state index contributed by atoms with van der Waals surface area (Å²) in [4.78, 5) is 13.1. The molecule has 0 radical (unpaired) electrons. The molecule has 2 aromatic carbocycles. The molecular weight excluding hydrogens is 378 g/mol. The third kappa shape index (κ3) is 6.27. The van der Waals surface area contributed by atoms with Gasteiger partial charge in [0.05, 0.1) is 33.2 Å². The highest BCUT2D eigenvalue weighted by atomic mass is 32.2. The number of methoxy groups -OCH3 is 2. The number of hydrogen-bond acceptors (Lipinski definition) is 6. The van der Waals surface area contributed by atoms with Gasteiger partial charge in [-0.1, -0.05) is 6.07 Å². The minimum absolute atomic E-state index is 0.0494. The first-order chi connectivity index (χ1) is 13.6. The van der Waals surface area contributed by atoms with Crippen LogP contribution in [0.2, 0.25) is 0 Å². The first kappa shape index (κ1) is 21.8. The highest BCUT2D eigenvalue weighted by molar-refractivity contribution is 8.00. The lowest BCUT2D eigenvalue weighted by molar-refractivity contribution is -0.118. The summed E-state index contributed by atoms with van der Waals surface area (Å²) in [5.74, 6) is 2.97. The molecule has 0 aliphatic carbocycles. The van der Waals surface area contributed by atoms with E-state index in [0.29, 0.717) is 48.5 Å². The average molecular weight is 406 g/mol. The molecule has 0 atom stereocenters. The lowest BCUT2D eigenvalue weighted by atomic mass is 10.2. The van der Waals surface area contributed by atoms with Gasteiger partial charge in [-0.05, 0) is 49.7 Å². The van der Waals surface area contributed by atoms with Crippen molar-refractivity contribution in [2.45, 2.75) is 25.3 Å². The topological polar surface area (TPSA) is 66.0 Å². The summed E-state index contributed by atoms with van der Waals surface area (Å²) in [5, 5.41) is 2.93. The Balaban J connectivity index is 1.89. The number of benzene rings is 2. The summed E-state index contributed by atoms with van der Waals surface area (Å²) in [6.45, 7) is 5.41. The first-order valence-electron chi connectivity index (χ1n) is 9.11. The zero-order valence-corrected chi connectivity index (χ0v) is 17.6. The van der Waals surface area contributed by atoms with Gasteiger partial charge in [-0.3, -0.25) is 4.79 Å². The highest BCUT2D eigenvalue weighted by Crippen LogP contribution is 2.32. The van der Waals surface area contributed by atoms with E-state index in [1.165, 1.54) is 11.8 Å². The molecule has 0 spiro atoms. The molecule has 0 unspecified atom stereocenters. The predicted molar refractivity (Wildman–Crippen MR) is 111 cm³/mol. The van der Waals surface area contributed by atoms with Gasteiger partial charge >= 0.3 is 0 Å². The van der Waals surface area contributed by atoms with Crippen LogP contribution in [-0.2, 0) is 11.3 Å². The second-order valence-electron chi connectivity index (χ2n) is 5.73. The Bertz CT molecular complexity index is 781. The van der Waals surface area contributed by atoms with Gasteiger partial charge in [-0.2, -0.15) is 0 Å². The third-order valence-corrected chi connectivity index (χ3v) is 4.82. The molecule has 0 bridgehead atoms. The van der Waals surface area contributed by atoms with Gasteiger partial charge in [-0.25, -0.2) is 0 Å². The largest absolute Gasteiger partial charge is 0.493 e. The maximum absolute atomic E-state index is 12.2. The number of ether oxygens (including phenoxy) is 4. The standard InChI is InChI=1S/C21H27NO5S/c1-5-26-18-9-7-15(11-20(18)27-6-2)13-22-21(23)14-28-16-8-10-17(24-3)19(12-16)25-4/h7-12H,5-6,13-14H2,1-4H3,(H,22,23). The normalized spacial score (nSPS) is 10.3. The van der Waals surface area contributed by atoms with Crippen molar-refractivity contribution in [1.29, 1.82) is 0 Å². The summed E-state index contributed by atoms with van der Waals surface area (Å²) in [6.07, 6.45) is 0. The van der Waals surface area contributed by atoms with Crippen LogP contribution in [0.15, 0.2) is 41.3 Å². The molecule has 1 N–H and O–H groups in total. The second kappa shape index (κ2) is 11.3. The number of thioether (sulfide) groups is 1. The van der Waals surface area contributed by atoms with Gasteiger partial charge in [0.1, 0.15) is 0 Å². The van der Waals surface area contributed by atoms with Gasteiger partial charge < -0.3 is 24.3 Å². The Kier molecular flexibility index (Phi) is 8.81. The monoisotopic (exact) mass is 405 g/mol. The van der Waals surface area contributed by atoms with Crippen molar-refractivity contribution in [1.82, 2.24) is 5.32 Å². The number of carbonyl (C=O) groups is 1. The van der Waals surface area contributed by atoms with Crippen molar-refractivity contribution in [3.8, 4) is 23.0 Å². The van der Waals surface area contributed by atoms with Gasteiger partial charge in [0.2, 0.25) is 5.91 Å². The molecule has 0 aliphatic rings. The van der Waals surface area contributed by atoms with Gasteiger partial charge in [0, 0.05) is 11.4 Å².